The first kappa shape index (κ1) is 14.7. The van der Waals surface area contributed by atoms with Crippen molar-refractivity contribution in [2.45, 2.75) is 5.03 Å². The van der Waals surface area contributed by atoms with Gasteiger partial charge in [0.1, 0.15) is 16.7 Å². The lowest BCUT2D eigenvalue weighted by Gasteiger charge is -2.14. The van der Waals surface area contributed by atoms with Gasteiger partial charge in [0.2, 0.25) is 6.79 Å². The summed E-state index contributed by atoms with van der Waals surface area (Å²) < 4.78 is 10.8. The number of nitrogens with one attached hydrogen (secondary N) is 1. The number of fused-ring (bicyclic) bond motifs is 2. The Morgan fingerprint density at radius 3 is 2.83 bits per heavy atom. The van der Waals surface area contributed by atoms with Crippen molar-refractivity contribution in [1.29, 1.82) is 5.26 Å². The first-order valence-corrected chi connectivity index (χ1v) is 8.56. The van der Waals surface area contributed by atoms with Crippen LogP contribution in [0.3, 0.4) is 0 Å². The van der Waals surface area contributed by atoms with Crippen LogP contribution in [0, 0.1) is 11.3 Å². The summed E-state index contributed by atoms with van der Waals surface area (Å²) in [4.78, 5) is 4.58. The van der Waals surface area contributed by atoms with Crippen LogP contribution in [0.2, 0.25) is 0 Å². The van der Waals surface area contributed by atoms with E-state index in [9.17, 15) is 5.26 Å². The summed E-state index contributed by atoms with van der Waals surface area (Å²) in [5.41, 5.74) is 2.98. The molecule has 0 atom stereocenters. The van der Waals surface area contributed by atoms with Crippen molar-refractivity contribution in [3.05, 3.63) is 48.0 Å². The summed E-state index contributed by atoms with van der Waals surface area (Å²) in [5, 5.41) is 14.6. The normalized spacial score (nSPS) is 12.2. The van der Waals surface area contributed by atoms with Crippen molar-refractivity contribution in [1.82, 2.24) is 4.98 Å². The molecule has 5 nitrogen and oxygen atoms in total. The van der Waals surface area contributed by atoms with E-state index in [0.717, 1.165) is 28.0 Å². The minimum Gasteiger partial charge on any atom is -0.454 e. The zero-order valence-corrected chi connectivity index (χ0v) is 13.7. The molecule has 24 heavy (non-hydrogen) atoms. The lowest BCUT2D eigenvalue weighted by Crippen LogP contribution is -1.99. The maximum Gasteiger partial charge on any atom is 0.231 e. The molecule has 0 fully saturated rings. The van der Waals surface area contributed by atoms with E-state index in [-0.39, 0.29) is 6.79 Å². The number of hydrogen-bond donors (Lipinski definition) is 1. The summed E-state index contributed by atoms with van der Waals surface area (Å²) in [6, 6.07) is 15.7. The Labute approximate surface area is 143 Å². The van der Waals surface area contributed by atoms with Crippen LogP contribution in [0.5, 0.6) is 11.5 Å². The van der Waals surface area contributed by atoms with Crippen molar-refractivity contribution in [2.75, 3.05) is 18.4 Å². The number of para-hydroxylation sites is 1. The second-order valence-corrected chi connectivity index (χ2v) is 5.99. The summed E-state index contributed by atoms with van der Waals surface area (Å²) in [5.74, 6) is 1.42. The van der Waals surface area contributed by atoms with Crippen molar-refractivity contribution in [3.63, 3.8) is 0 Å². The summed E-state index contributed by atoms with van der Waals surface area (Å²) in [6.45, 7) is 0.233. The predicted molar refractivity (Wildman–Crippen MR) is 94.1 cm³/mol. The molecule has 1 aliphatic heterocycles. The highest BCUT2D eigenvalue weighted by molar-refractivity contribution is 7.98. The molecule has 1 aromatic heterocycles. The van der Waals surface area contributed by atoms with Crippen LogP contribution in [0.25, 0.3) is 10.9 Å². The van der Waals surface area contributed by atoms with Crippen LogP contribution >= 0.6 is 11.8 Å². The highest BCUT2D eigenvalue weighted by Gasteiger charge is 2.17. The Kier molecular flexibility index (Phi) is 3.63. The molecule has 2 heterocycles. The van der Waals surface area contributed by atoms with Gasteiger partial charge >= 0.3 is 0 Å². The van der Waals surface area contributed by atoms with Gasteiger partial charge < -0.3 is 14.8 Å². The number of thioether (sulfide) groups is 1. The van der Waals surface area contributed by atoms with Crippen LogP contribution in [0.1, 0.15) is 5.56 Å². The topological polar surface area (TPSA) is 67.2 Å². The van der Waals surface area contributed by atoms with Crippen LogP contribution in [-0.4, -0.2) is 18.0 Å². The predicted octanol–water partition coefficient (Wildman–Crippen LogP) is 4.30. The number of nitriles is 1. The minimum atomic E-state index is 0.233. The molecular weight excluding hydrogens is 322 g/mol. The molecule has 1 N–H and O–H groups in total. The van der Waals surface area contributed by atoms with Gasteiger partial charge in [-0.05, 0) is 24.5 Å². The van der Waals surface area contributed by atoms with Gasteiger partial charge in [-0.15, -0.1) is 11.8 Å². The fraction of sp³-hybridized carbons (Fsp3) is 0.111. The number of pyridine rings is 1. The lowest BCUT2D eigenvalue weighted by atomic mass is 10.1. The maximum absolute atomic E-state index is 9.63. The molecule has 4 rings (SSSR count). The molecule has 1 aliphatic rings. The van der Waals surface area contributed by atoms with Crippen molar-refractivity contribution in [2.24, 2.45) is 0 Å². The second-order valence-electron chi connectivity index (χ2n) is 5.19. The van der Waals surface area contributed by atoms with Crippen molar-refractivity contribution < 1.29 is 9.47 Å². The van der Waals surface area contributed by atoms with E-state index in [4.69, 9.17) is 9.47 Å². The molecular formula is C18H13N3O2S. The van der Waals surface area contributed by atoms with Gasteiger partial charge in [-0.2, -0.15) is 5.26 Å². The van der Waals surface area contributed by atoms with Crippen LogP contribution in [0.15, 0.2) is 47.5 Å². The largest absolute Gasteiger partial charge is 0.454 e. The van der Waals surface area contributed by atoms with Gasteiger partial charge in [0, 0.05) is 17.1 Å². The first-order chi connectivity index (χ1) is 11.8. The van der Waals surface area contributed by atoms with E-state index in [1.807, 2.05) is 48.7 Å². The standard InChI is InChI=1S/C18H13N3O2S/c1-24-18-13(9-19)17(12-4-2-3-5-14(12)21-18)20-11-6-7-15-16(8-11)23-10-22-15/h2-8H,10H2,1H3,(H,20,21). The Hall–Kier alpha value is -2.91. The van der Waals surface area contributed by atoms with E-state index in [2.05, 4.69) is 16.4 Å². The number of hydrogen-bond acceptors (Lipinski definition) is 6. The molecule has 0 aliphatic carbocycles. The average molecular weight is 335 g/mol. The van der Waals surface area contributed by atoms with E-state index < -0.39 is 0 Å². The monoisotopic (exact) mass is 335 g/mol. The molecule has 3 aromatic rings. The summed E-state index contributed by atoms with van der Waals surface area (Å²) in [6.07, 6.45) is 1.92. The smallest absolute Gasteiger partial charge is 0.231 e. The van der Waals surface area contributed by atoms with Gasteiger partial charge in [0.05, 0.1) is 11.2 Å². The van der Waals surface area contributed by atoms with E-state index in [0.29, 0.717) is 16.3 Å². The number of nitrogens with zero attached hydrogens (tertiary/aromatic N) is 2. The molecule has 118 valence electrons. The van der Waals surface area contributed by atoms with Crippen LogP contribution < -0.4 is 14.8 Å². The maximum atomic E-state index is 9.63. The lowest BCUT2D eigenvalue weighted by molar-refractivity contribution is 0.174. The second kappa shape index (κ2) is 5.95. The van der Waals surface area contributed by atoms with Crippen LogP contribution in [0.4, 0.5) is 11.4 Å². The van der Waals surface area contributed by atoms with Crippen molar-refractivity contribution >= 4 is 34.0 Å². The average Bonchev–Trinajstić information content (AvgIpc) is 3.09. The number of anilines is 2. The van der Waals surface area contributed by atoms with Crippen LogP contribution in [-0.2, 0) is 0 Å². The van der Waals surface area contributed by atoms with Gasteiger partial charge in [0.25, 0.3) is 0 Å². The number of rotatable bonds is 3. The van der Waals surface area contributed by atoms with Gasteiger partial charge in [-0.3, -0.25) is 0 Å². The number of benzene rings is 2. The summed E-state index contributed by atoms with van der Waals surface area (Å²) >= 11 is 1.46. The molecule has 0 bridgehead atoms. The fourth-order valence-electron chi connectivity index (χ4n) is 2.69. The molecule has 0 spiro atoms. The Bertz CT molecular complexity index is 982. The van der Waals surface area contributed by atoms with Gasteiger partial charge in [-0.1, -0.05) is 18.2 Å². The highest BCUT2D eigenvalue weighted by Crippen LogP contribution is 2.38. The SMILES string of the molecule is CSc1nc2ccccc2c(Nc2ccc3c(c2)OCO3)c1C#N. The third-order valence-electron chi connectivity index (χ3n) is 3.81. The quantitative estimate of drug-likeness (QED) is 0.720. The molecule has 0 unspecified atom stereocenters. The number of ether oxygens (including phenoxy) is 2. The van der Waals surface area contributed by atoms with E-state index in [1.165, 1.54) is 11.8 Å². The third-order valence-corrected chi connectivity index (χ3v) is 4.49. The van der Waals surface area contributed by atoms with E-state index >= 15 is 0 Å². The Morgan fingerprint density at radius 2 is 2.00 bits per heavy atom. The molecule has 6 heteroatoms. The molecule has 0 radical (unpaired) electrons. The van der Waals surface area contributed by atoms with E-state index in [1.54, 1.807) is 0 Å². The highest BCUT2D eigenvalue weighted by atomic mass is 32.2. The zero-order chi connectivity index (χ0) is 16.5. The fourth-order valence-corrected chi connectivity index (χ4v) is 3.23. The third kappa shape index (κ3) is 2.39. The Morgan fingerprint density at radius 1 is 1.17 bits per heavy atom. The molecule has 0 saturated heterocycles. The van der Waals surface area contributed by atoms with Crippen molar-refractivity contribution in [3.8, 4) is 17.6 Å². The Balaban J connectivity index is 1.87. The summed E-state index contributed by atoms with van der Waals surface area (Å²) in [7, 11) is 0. The first-order valence-electron chi connectivity index (χ1n) is 7.33. The minimum absolute atomic E-state index is 0.233. The van der Waals surface area contributed by atoms with Gasteiger partial charge in [0.15, 0.2) is 11.5 Å². The van der Waals surface area contributed by atoms with Gasteiger partial charge in [-0.25, -0.2) is 4.98 Å². The zero-order valence-electron chi connectivity index (χ0n) is 12.9. The molecule has 0 saturated carbocycles. The molecule has 0 amide bonds. The molecule has 2 aromatic carbocycles. The number of aromatic nitrogens is 1.